The summed E-state index contributed by atoms with van der Waals surface area (Å²) in [6, 6.07) is 0. The van der Waals surface area contributed by atoms with Crippen LogP contribution in [0, 0.1) is 0 Å². The minimum absolute atomic E-state index is 0.937. The van der Waals surface area contributed by atoms with Crippen molar-refractivity contribution in [1.29, 1.82) is 0 Å². The Bertz CT molecular complexity index is 213. The molecular formula is C8H14P2. The van der Waals surface area contributed by atoms with E-state index in [2.05, 4.69) is 28.9 Å². The highest BCUT2D eigenvalue weighted by Crippen LogP contribution is 2.19. The normalized spacial score (nSPS) is 11.1. The quantitative estimate of drug-likeness (QED) is 0.600. The van der Waals surface area contributed by atoms with Crippen molar-refractivity contribution >= 4 is 22.5 Å². The first-order chi connectivity index (χ1) is 4.79. The zero-order chi connectivity index (χ0) is 7.56. The molecule has 0 saturated heterocycles. The van der Waals surface area contributed by atoms with Gasteiger partial charge in [0, 0.05) is 0 Å². The van der Waals surface area contributed by atoms with Crippen molar-refractivity contribution in [1.82, 2.24) is 0 Å². The molecule has 0 N–H and O–H groups in total. The van der Waals surface area contributed by atoms with Crippen molar-refractivity contribution in [2.24, 2.45) is 0 Å². The van der Waals surface area contributed by atoms with Crippen LogP contribution in [0.5, 0.6) is 0 Å². The fourth-order valence-corrected chi connectivity index (χ4v) is 3.10. The molecule has 2 atom stereocenters. The summed E-state index contributed by atoms with van der Waals surface area (Å²) in [4.78, 5) is 0. The summed E-state index contributed by atoms with van der Waals surface area (Å²) in [5.74, 6) is 2.38. The molecule has 0 nitrogen and oxygen atoms in total. The second-order valence-electron chi connectivity index (χ2n) is 2.41. The third-order valence-electron chi connectivity index (χ3n) is 1.85. The average Bonchev–Trinajstić information content (AvgIpc) is 2.30. The molecule has 2 unspecified atom stereocenters. The SMILES string of the molecule is CCc1c[pH]c(P)c1CC. The van der Waals surface area contributed by atoms with Gasteiger partial charge in [-0.05, 0) is 34.8 Å². The smallest absolute Gasteiger partial charge is 0.0105 e. The largest absolute Gasteiger partial charge is 0.132 e. The van der Waals surface area contributed by atoms with E-state index in [1.165, 1.54) is 17.9 Å². The fraction of sp³-hybridized carbons (Fsp3) is 0.500. The Morgan fingerprint density at radius 1 is 1.40 bits per heavy atom. The molecule has 1 heterocycles. The Balaban J connectivity index is 3.01. The topological polar surface area (TPSA) is 0 Å². The molecule has 0 aromatic carbocycles. The van der Waals surface area contributed by atoms with E-state index in [0.29, 0.717) is 0 Å². The third-order valence-corrected chi connectivity index (χ3v) is 3.80. The first-order valence-electron chi connectivity index (χ1n) is 3.74. The van der Waals surface area contributed by atoms with Crippen molar-refractivity contribution in [3.8, 4) is 0 Å². The van der Waals surface area contributed by atoms with Crippen LogP contribution < -0.4 is 5.04 Å². The van der Waals surface area contributed by atoms with Crippen molar-refractivity contribution in [2.75, 3.05) is 0 Å². The van der Waals surface area contributed by atoms with Gasteiger partial charge in [0.1, 0.15) is 0 Å². The Hall–Kier alpha value is 0.210. The predicted molar refractivity (Wildman–Crippen MR) is 54.0 cm³/mol. The van der Waals surface area contributed by atoms with Gasteiger partial charge in [0.05, 0.1) is 0 Å². The maximum atomic E-state index is 2.85. The molecule has 0 bridgehead atoms. The van der Waals surface area contributed by atoms with Gasteiger partial charge in [-0.25, -0.2) is 0 Å². The summed E-state index contributed by atoms with van der Waals surface area (Å²) < 4.78 is 0. The molecule has 0 saturated carbocycles. The first kappa shape index (κ1) is 8.31. The zero-order valence-corrected chi connectivity index (χ0v) is 8.72. The third kappa shape index (κ3) is 1.44. The van der Waals surface area contributed by atoms with E-state index < -0.39 is 0 Å². The highest BCUT2D eigenvalue weighted by molar-refractivity contribution is 7.51. The molecule has 56 valence electrons. The minimum atomic E-state index is 0.937. The van der Waals surface area contributed by atoms with Crippen LogP contribution in [0.4, 0.5) is 0 Å². The first-order valence-corrected chi connectivity index (χ1v) is 5.39. The van der Waals surface area contributed by atoms with E-state index in [1.54, 1.807) is 11.1 Å². The minimum Gasteiger partial charge on any atom is -0.132 e. The van der Waals surface area contributed by atoms with E-state index in [-0.39, 0.29) is 0 Å². The summed E-state index contributed by atoms with van der Waals surface area (Å²) >= 11 is 0. The van der Waals surface area contributed by atoms with Gasteiger partial charge in [-0.1, -0.05) is 13.8 Å². The Morgan fingerprint density at radius 2 is 2.10 bits per heavy atom. The summed E-state index contributed by atoms with van der Waals surface area (Å²) in [6.45, 7) is 4.47. The standard InChI is InChI=1S/C8H14P2/c1-3-6-5-10-8(9)7(6)4-2/h5,10H,3-4,9H2,1-2H3. The highest BCUT2D eigenvalue weighted by Gasteiger charge is 2.02. The van der Waals surface area contributed by atoms with Crippen LogP contribution in [0.15, 0.2) is 5.80 Å². The molecule has 10 heavy (non-hydrogen) atoms. The van der Waals surface area contributed by atoms with Crippen LogP contribution in [0.25, 0.3) is 0 Å². The van der Waals surface area contributed by atoms with Gasteiger partial charge >= 0.3 is 0 Å². The number of aryl methyl sites for hydroxylation is 1. The van der Waals surface area contributed by atoms with Crippen molar-refractivity contribution in [3.63, 3.8) is 0 Å². The fourth-order valence-electron chi connectivity index (χ4n) is 1.25. The van der Waals surface area contributed by atoms with Crippen LogP contribution in [0.3, 0.4) is 0 Å². The second kappa shape index (κ2) is 3.56. The summed E-state index contributed by atoms with van der Waals surface area (Å²) in [6.07, 6.45) is 2.40. The number of rotatable bonds is 2. The summed E-state index contributed by atoms with van der Waals surface area (Å²) in [5, 5.41) is 1.53. The molecule has 0 spiro atoms. The average molecular weight is 172 g/mol. The van der Waals surface area contributed by atoms with Crippen LogP contribution in [0.2, 0.25) is 0 Å². The maximum Gasteiger partial charge on any atom is -0.0105 e. The summed E-state index contributed by atoms with van der Waals surface area (Å²) in [5.41, 5.74) is 3.16. The zero-order valence-electron chi connectivity index (χ0n) is 6.57. The summed E-state index contributed by atoms with van der Waals surface area (Å²) in [7, 11) is 3.79. The molecule has 0 amide bonds. The van der Waals surface area contributed by atoms with Crippen molar-refractivity contribution < 1.29 is 0 Å². The van der Waals surface area contributed by atoms with E-state index in [4.69, 9.17) is 0 Å². The van der Waals surface area contributed by atoms with E-state index in [1.807, 2.05) is 0 Å². The highest BCUT2D eigenvalue weighted by atomic mass is 31.1. The Morgan fingerprint density at radius 3 is 2.50 bits per heavy atom. The molecule has 0 radical (unpaired) electrons. The lowest BCUT2D eigenvalue weighted by Crippen LogP contribution is -1.94. The molecular weight excluding hydrogens is 158 g/mol. The van der Waals surface area contributed by atoms with Gasteiger partial charge in [0.15, 0.2) is 0 Å². The van der Waals surface area contributed by atoms with E-state index in [9.17, 15) is 0 Å². The van der Waals surface area contributed by atoms with E-state index >= 15 is 0 Å². The molecule has 1 aromatic heterocycles. The van der Waals surface area contributed by atoms with Crippen molar-refractivity contribution in [2.45, 2.75) is 26.7 Å². The lowest BCUT2D eigenvalue weighted by atomic mass is 10.1. The predicted octanol–water partition coefficient (Wildman–Crippen LogP) is 2.34. The molecule has 0 aliphatic heterocycles. The van der Waals surface area contributed by atoms with Crippen LogP contribution in [0.1, 0.15) is 25.0 Å². The van der Waals surface area contributed by atoms with Gasteiger partial charge in [0.2, 0.25) is 0 Å². The lowest BCUT2D eigenvalue weighted by molar-refractivity contribution is 1.06. The van der Waals surface area contributed by atoms with Gasteiger partial charge in [0.25, 0.3) is 0 Å². The molecule has 1 rings (SSSR count). The van der Waals surface area contributed by atoms with Crippen LogP contribution in [-0.4, -0.2) is 0 Å². The van der Waals surface area contributed by atoms with Gasteiger partial charge in [-0.2, -0.15) is 0 Å². The number of hydrogen-bond donors (Lipinski definition) is 0. The van der Waals surface area contributed by atoms with E-state index in [0.717, 1.165) is 8.19 Å². The monoisotopic (exact) mass is 172 g/mol. The molecule has 1 aromatic rings. The van der Waals surface area contributed by atoms with Crippen LogP contribution >= 0.6 is 17.4 Å². The van der Waals surface area contributed by atoms with Gasteiger partial charge in [-0.3, -0.25) is 0 Å². The molecule has 0 aliphatic carbocycles. The Kier molecular flexibility index (Phi) is 2.96. The van der Waals surface area contributed by atoms with Crippen LogP contribution in [-0.2, 0) is 12.8 Å². The maximum absolute atomic E-state index is 2.85. The lowest BCUT2D eigenvalue weighted by Gasteiger charge is -1.97. The molecule has 0 aliphatic rings. The Labute approximate surface area is 66.7 Å². The van der Waals surface area contributed by atoms with Gasteiger partial charge in [-0.15, -0.1) is 17.4 Å². The molecule has 0 fully saturated rings. The van der Waals surface area contributed by atoms with Crippen molar-refractivity contribution in [3.05, 3.63) is 16.9 Å². The molecule has 2 heteroatoms. The van der Waals surface area contributed by atoms with Gasteiger partial charge < -0.3 is 0 Å². The second-order valence-corrected chi connectivity index (χ2v) is 4.68. The number of hydrogen-bond acceptors (Lipinski definition) is 0.